The molecule has 0 unspecified atom stereocenters. The highest BCUT2D eigenvalue weighted by Gasteiger charge is 2.21. The Morgan fingerprint density at radius 2 is 0.750 bits per heavy atom. The smallest absolute Gasteiger partial charge is 0.0780 e. The first kappa shape index (κ1) is 41.3. The summed E-state index contributed by atoms with van der Waals surface area (Å²) in [5, 5.41) is 14.0. The maximum atomic E-state index is 4.95. The topological polar surface area (TPSA) is 51.6 Å². The number of benzene rings is 10. The van der Waals surface area contributed by atoms with Gasteiger partial charge in [0.15, 0.2) is 0 Å². The Hall–Kier alpha value is -9.64. The van der Waals surface area contributed by atoms with E-state index in [1.54, 1.807) is 0 Å². The minimum Gasteiger partial charge on any atom is -0.264 e. The number of nitrogens with zero attached hydrogens (tertiary/aromatic N) is 4. The Morgan fingerprint density at radius 3 is 1.38 bits per heavy atom. The molecular formula is C68H42N4. The minimum atomic E-state index is 0.947. The largest absolute Gasteiger partial charge is 0.264 e. The van der Waals surface area contributed by atoms with Crippen molar-refractivity contribution in [1.29, 1.82) is 0 Å². The normalized spacial score (nSPS) is 11.6. The highest BCUT2D eigenvalue weighted by molar-refractivity contribution is 6.24. The van der Waals surface area contributed by atoms with Crippen molar-refractivity contribution in [2.45, 2.75) is 0 Å². The maximum absolute atomic E-state index is 4.95. The Labute approximate surface area is 416 Å². The predicted octanol–water partition coefficient (Wildman–Crippen LogP) is 17.9. The lowest BCUT2D eigenvalue weighted by Gasteiger charge is -2.20. The van der Waals surface area contributed by atoms with Gasteiger partial charge in [-0.15, -0.1) is 0 Å². The van der Waals surface area contributed by atoms with Crippen LogP contribution < -0.4 is 0 Å². The average molecular weight is 915 g/mol. The molecule has 4 heterocycles. The van der Waals surface area contributed by atoms with Crippen molar-refractivity contribution in [2.24, 2.45) is 0 Å². The third kappa shape index (κ3) is 6.84. The number of hydrogen-bond acceptors (Lipinski definition) is 4. The van der Waals surface area contributed by atoms with Crippen molar-refractivity contribution in [3.05, 3.63) is 256 Å². The fourth-order valence-corrected chi connectivity index (χ4v) is 11.3. The van der Waals surface area contributed by atoms with Crippen LogP contribution in [-0.2, 0) is 0 Å². The van der Waals surface area contributed by atoms with Crippen molar-refractivity contribution in [2.75, 3.05) is 0 Å². The van der Waals surface area contributed by atoms with Crippen LogP contribution in [0, 0.1) is 0 Å². The van der Waals surface area contributed by atoms with Crippen LogP contribution in [0.5, 0.6) is 0 Å². The van der Waals surface area contributed by atoms with Crippen molar-refractivity contribution in [3.63, 3.8) is 0 Å². The molecular weight excluding hydrogens is 873 g/mol. The molecule has 0 amide bonds. The van der Waals surface area contributed by atoms with Gasteiger partial charge in [-0.25, -0.2) is 0 Å². The van der Waals surface area contributed by atoms with Gasteiger partial charge in [0.1, 0.15) is 0 Å². The fourth-order valence-electron chi connectivity index (χ4n) is 11.3. The molecule has 72 heavy (non-hydrogen) atoms. The summed E-state index contributed by atoms with van der Waals surface area (Å²) >= 11 is 0. The third-order valence-corrected chi connectivity index (χ3v) is 14.5. The van der Waals surface area contributed by atoms with Crippen LogP contribution in [0.25, 0.3) is 143 Å². The molecule has 4 nitrogen and oxygen atoms in total. The van der Waals surface area contributed by atoms with Crippen LogP contribution in [0.15, 0.2) is 256 Å². The van der Waals surface area contributed by atoms with Gasteiger partial charge in [-0.1, -0.05) is 182 Å². The van der Waals surface area contributed by atoms with Crippen LogP contribution in [0.1, 0.15) is 0 Å². The summed E-state index contributed by atoms with van der Waals surface area (Å²) < 4.78 is 0. The minimum absolute atomic E-state index is 0.947. The predicted molar refractivity (Wildman–Crippen MR) is 301 cm³/mol. The molecule has 0 saturated carbocycles. The second-order valence-electron chi connectivity index (χ2n) is 18.5. The van der Waals surface area contributed by atoms with E-state index in [9.17, 15) is 0 Å². The average Bonchev–Trinajstić information content (AvgIpc) is 3.46. The highest BCUT2D eigenvalue weighted by atomic mass is 14.7. The summed E-state index contributed by atoms with van der Waals surface area (Å²) in [6.45, 7) is 0. The van der Waals surface area contributed by atoms with Gasteiger partial charge in [0.05, 0.1) is 11.4 Å². The van der Waals surface area contributed by atoms with Crippen LogP contribution in [0.4, 0.5) is 0 Å². The molecule has 0 aliphatic heterocycles. The first-order chi connectivity index (χ1) is 35.7. The molecule has 0 aliphatic rings. The summed E-state index contributed by atoms with van der Waals surface area (Å²) in [7, 11) is 0. The molecule has 0 spiro atoms. The van der Waals surface area contributed by atoms with Gasteiger partial charge >= 0.3 is 0 Å². The van der Waals surface area contributed by atoms with Gasteiger partial charge in [0.25, 0.3) is 0 Å². The second-order valence-corrected chi connectivity index (χ2v) is 18.5. The third-order valence-electron chi connectivity index (χ3n) is 14.5. The number of aromatic nitrogens is 4. The summed E-state index contributed by atoms with van der Waals surface area (Å²) in [5.41, 5.74) is 15.6. The lowest BCUT2D eigenvalue weighted by Crippen LogP contribution is -1.94. The van der Waals surface area contributed by atoms with Gasteiger partial charge < -0.3 is 0 Å². The zero-order valence-corrected chi connectivity index (χ0v) is 39.0. The molecule has 4 aromatic heterocycles. The van der Waals surface area contributed by atoms with Crippen LogP contribution in [0.2, 0.25) is 0 Å². The van der Waals surface area contributed by atoms with E-state index in [-0.39, 0.29) is 0 Å². The lowest BCUT2D eigenvalue weighted by atomic mass is 9.84. The zero-order valence-electron chi connectivity index (χ0n) is 39.0. The van der Waals surface area contributed by atoms with E-state index >= 15 is 0 Å². The number of pyridine rings is 4. The molecule has 14 aromatic rings. The zero-order chi connectivity index (χ0) is 47.5. The quantitative estimate of drug-likeness (QED) is 0.150. The van der Waals surface area contributed by atoms with E-state index in [4.69, 9.17) is 9.97 Å². The van der Waals surface area contributed by atoms with Crippen molar-refractivity contribution in [1.82, 2.24) is 19.9 Å². The van der Waals surface area contributed by atoms with Crippen LogP contribution >= 0.6 is 0 Å². The van der Waals surface area contributed by atoms with Gasteiger partial charge in [-0.05, 0) is 135 Å². The molecule has 0 aliphatic carbocycles. The maximum Gasteiger partial charge on any atom is 0.0780 e. The van der Waals surface area contributed by atoms with Gasteiger partial charge in [-0.3, -0.25) is 19.9 Å². The Balaban J connectivity index is 0.998. The highest BCUT2D eigenvalue weighted by Crippen LogP contribution is 2.48. The summed E-state index contributed by atoms with van der Waals surface area (Å²) in [6.07, 6.45) is 11.5. The fraction of sp³-hybridized carbons (Fsp3) is 0. The Kier molecular flexibility index (Phi) is 9.82. The SMILES string of the molecule is c1ccc(-c2c3ccccc3c(-c3ccc(-c4nccc5ccccc45)cc3)c3cc(-c4ccc5c(-c6cccnc6)c6ccccc6c(-c6ccc(-c7cncc8ccccc78)cc6)c5c4)ccc23)nc1. The molecule has 0 saturated heterocycles. The monoisotopic (exact) mass is 914 g/mol. The molecule has 0 atom stereocenters. The lowest BCUT2D eigenvalue weighted by molar-refractivity contribution is 1.33. The van der Waals surface area contributed by atoms with Crippen molar-refractivity contribution >= 4 is 64.6 Å². The summed E-state index contributed by atoms with van der Waals surface area (Å²) in [5.74, 6) is 0. The Bertz CT molecular complexity index is 4120. The molecule has 4 heteroatoms. The molecule has 0 N–H and O–H groups in total. The molecule has 334 valence electrons. The standard InChI is InChI=1S/C68H42N4/c1-4-16-53-43(12-1)34-37-72-68(53)47-28-26-46(27-29-47)65-56-19-7-8-20-57(56)67(63-21-9-10-36-71-63)59-33-31-49(39-61(59)65)48-30-32-58-60(38-48)64(54-17-5-6-18-55(54)66(58)51-14-11-35-69-41-51)45-24-22-44(23-25-45)62-42-70-40-50-13-2-3-15-52(50)62/h1-42H. The summed E-state index contributed by atoms with van der Waals surface area (Å²) in [4.78, 5) is 19.1. The van der Waals surface area contributed by atoms with E-state index in [0.29, 0.717) is 0 Å². The second kappa shape index (κ2) is 17.1. The van der Waals surface area contributed by atoms with E-state index in [2.05, 4.69) is 216 Å². The molecule has 14 rings (SSSR count). The molecule has 10 aromatic carbocycles. The van der Waals surface area contributed by atoms with E-state index in [1.165, 1.54) is 59.8 Å². The number of hydrogen-bond donors (Lipinski definition) is 0. The van der Waals surface area contributed by atoms with E-state index in [0.717, 1.165) is 83.0 Å². The molecule has 0 fully saturated rings. The summed E-state index contributed by atoms with van der Waals surface area (Å²) in [6, 6.07) is 79.1. The van der Waals surface area contributed by atoms with E-state index in [1.807, 2.05) is 49.3 Å². The number of rotatable bonds is 7. The van der Waals surface area contributed by atoms with Crippen LogP contribution in [0.3, 0.4) is 0 Å². The van der Waals surface area contributed by atoms with Gasteiger partial charge in [0.2, 0.25) is 0 Å². The molecule has 0 bridgehead atoms. The first-order valence-electron chi connectivity index (χ1n) is 24.4. The Morgan fingerprint density at radius 1 is 0.236 bits per heavy atom. The van der Waals surface area contributed by atoms with Crippen molar-refractivity contribution < 1.29 is 0 Å². The van der Waals surface area contributed by atoms with Gasteiger partial charge in [0, 0.05) is 70.2 Å². The van der Waals surface area contributed by atoms with E-state index < -0.39 is 0 Å². The van der Waals surface area contributed by atoms with Crippen molar-refractivity contribution in [3.8, 4) is 78.1 Å². The van der Waals surface area contributed by atoms with Gasteiger partial charge in [-0.2, -0.15) is 0 Å². The van der Waals surface area contributed by atoms with Crippen LogP contribution in [-0.4, -0.2) is 19.9 Å². The number of fused-ring (bicyclic) bond motifs is 6. The first-order valence-corrected chi connectivity index (χ1v) is 24.4. The molecule has 0 radical (unpaired) electrons.